The van der Waals surface area contributed by atoms with E-state index in [1.807, 2.05) is 47.4 Å². The molecule has 1 saturated carbocycles. The van der Waals surface area contributed by atoms with Gasteiger partial charge in [-0.1, -0.05) is 49.2 Å². The van der Waals surface area contributed by atoms with Gasteiger partial charge in [-0.15, -0.1) is 0 Å². The fraction of sp³-hybridized carbons (Fsp3) is 0.500. The van der Waals surface area contributed by atoms with Crippen molar-refractivity contribution < 1.29 is 9.59 Å². The molecule has 1 saturated heterocycles. The summed E-state index contributed by atoms with van der Waals surface area (Å²) in [5.74, 6) is 0.608. The Morgan fingerprint density at radius 2 is 1.69 bits per heavy atom. The Hall–Kier alpha value is -2.40. The molecule has 0 spiro atoms. The van der Waals surface area contributed by atoms with E-state index >= 15 is 0 Å². The number of hydrogen-bond acceptors (Lipinski definition) is 3. The predicted molar refractivity (Wildman–Crippen MR) is 116 cm³/mol. The molecule has 0 radical (unpaired) electrons. The summed E-state index contributed by atoms with van der Waals surface area (Å²) in [7, 11) is 0. The van der Waals surface area contributed by atoms with E-state index < -0.39 is 0 Å². The summed E-state index contributed by atoms with van der Waals surface area (Å²) in [5, 5.41) is 5.34. The van der Waals surface area contributed by atoms with Gasteiger partial charge in [0, 0.05) is 30.6 Å². The van der Waals surface area contributed by atoms with Gasteiger partial charge in [-0.05, 0) is 55.0 Å². The van der Waals surface area contributed by atoms with Crippen LogP contribution in [0.2, 0.25) is 0 Å². The van der Waals surface area contributed by atoms with Crippen molar-refractivity contribution in [3.63, 3.8) is 0 Å². The van der Waals surface area contributed by atoms with Crippen LogP contribution in [-0.2, 0) is 4.79 Å². The van der Waals surface area contributed by atoms with E-state index in [0.717, 1.165) is 42.0 Å². The van der Waals surface area contributed by atoms with Crippen LogP contribution >= 0.6 is 0 Å². The molecule has 3 N–H and O–H groups in total. The Morgan fingerprint density at radius 3 is 2.48 bits per heavy atom. The highest BCUT2D eigenvalue weighted by Gasteiger charge is 2.31. The van der Waals surface area contributed by atoms with Crippen molar-refractivity contribution in [3.8, 4) is 0 Å². The van der Waals surface area contributed by atoms with Crippen molar-refractivity contribution >= 4 is 22.6 Å². The number of piperidine rings is 1. The Bertz CT molecular complexity index is 868. The number of fused-ring (bicyclic) bond motifs is 1. The first kappa shape index (κ1) is 19.9. The molecule has 29 heavy (non-hydrogen) atoms. The average molecular weight is 394 g/mol. The number of nitrogens with one attached hydrogen (secondary N) is 1. The molecule has 1 aliphatic carbocycles. The first-order valence-corrected chi connectivity index (χ1v) is 10.9. The van der Waals surface area contributed by atoms with Gasteiger partial charge in [-0.2, -0.15) is 0 Å². The molecule has 2 fully saturated rings. The van der Waals surface area contributed by atoms with Crippen molar-refractivity contribution in [1.82, 2.24) is 10.2 Å². The summed E-state index contributed by atoms with van der Waals surface area (Å²) in [4.78, 5) is 27.8. The van der Waals surface area contributed by atoms with Crippen LogP contribution in [-0.4, -0.2) is 42.4 Å². The second kappa shape index (κ2) is 8.95. The average Bonchev–Trinajstić information content (AvgIpc) is 2.78. The number of benzene rings is 2. The summed E-state index contributed by atoms with van der Waals surface area (Å²) in [6, 6.07) is 14.1. The number of nitrogens with zero attached hydrogens (tertiary/aromatic N) is 1. The Balaban J connectivity index is 1.36. The molecule has 0 aromatic heterocycles. The van der Waals surface area contributed by atoms with E-state index in [-0.39, 0.29) is 23.8 Å². The van der Waals surface area contributed by atoms with E-state index in [1.54, 1.807) is 0 Å². The van der Waals surface area contributed by atoms with Gasteiger partial charge in [-0.25, -0.2) is 0 Å². The third kappa shape index (κ3) is 4.30. The molecule has 1 heterocycles. The summed E-state index contributed by atoms with van der Waals surface area (Å²) in [6.07, 6.45) is 5.97. The van der Waals surface area contributed by atoms with Crippen LogP contribution in [0.5, 0.6) is 0 Å². The van der Waals surface area contributed by atoms with Crippen LogP contribution in [0.4, 0.5) is 0 Å². The van der Waals surface area contributed by atoms with E-state index in [1.165, 1.54) is 12.8 Å². The van der Waals surface area contributed by atoms with Crippen molar-refractivity contribution in [2.24, 2.45) is 17.6 Å². The lowest BCUT2D eigenvalue weighted by atomic mass is 9.84. The molecule has 2 aliphatic rings. The van der Waals surface area contributed by atoms with E-state index in [2.05, 4.69) is 5.32 Å². The van der Waals surface area contributed by atoms with E-state index in [4.69, 9.17) is 5.73 Å². The topological polar surface area (TPSA) is 75.4 Å². The van der Waals surface area contributed by atoms with Crippen LogP contribution in [0.25, 0.3) is 10.8 Å². The number of likely N-dealkylation sites (tertiary alicyclic amines) is 1. The monoisotopic (exact) mass is 393 g/mol. The zero-order valence-electron chi connectivity index (χ0n) is 17.0. The number of hydrogen-bond donors (Lipinski definition) is 2. The van der Waals surface area contributed by atoms with Gasteiger partial charge < -0.3 is 16.0 Å². The molecule has 5 heteroatoms. The molecular weight excluding hydrogens is 362 g/mol. The van der Waals surface area contributed by atoms with Crippen LogP contribution in [0.1, 0.15) is 48.9 Å². The minimum atomic E-state index is -0.00748. The van der Waals surface area contributed by atoms with Crippen molar-refractivity contribution in [2.45, 2.75) is 44.6 Å². The van der Waals surface area contributed by atoms with Crippen LogP contribution in [0.3, 0.4) is 0 Å². The lowest BCUT2D eigenvalue weighted by Crippen LogP contribution is -2.49. The lowest BCUT2D eigenvalue weighted by Gasteiger charge is -2.35. The second-order valence-corrected chi connectivity index (χ2v) is 8.49. The smallest absolute Gasteiger partial charge is 0.254 e. The number of amides is 2. The normalized spacial score (nSPS) is 23.1. The van der Waals surface area contributed by atoms with Crippen molar-refractivity contribution in [2.75, 3.05) is 19.6 Å². The number of carbonyl (C=O) groups is 2. The van der Waals surface area contributed by atoms with Gasteiger partial charge in [0.15, 0.2) is 0 Å². The van der Waals surface area contributed by atoms with Gasteiger partial charge in [0.2, 0.25) is 5.91 Å². The highest BCUT2D eigenvalue weighted by atomic mass is 16.2. The predicted octanol–water partition coefficient (Wildman–Crippen LogP) is 3.33. The lowest BCUT2D eigenvalue weighted by molar-refractivity contribution is -0.127. The summed E-state index contributed by atoms with van der Waals surface area (Å²) in [6.45, 7) is 1.90. The first-order chi connectivity index (χ1) is 14.2. The van der Waals surface area contributed by atoms with Gasteiger partial charge in [0.05, 0.1) is 0 Å². The van der Waals surface area contributed by atoms with Crippen LogP contribution in [0.15, 0.2) is 42.5 Å². The number of carbonyl (C=O) groups excluding carboxylic acids is 2. The number of rotatable bonds is 4. The van der Waals surface area contributed by atoms with Crippen molar-refractivity contribution in [3.05, 3.63) is 48.0 Å². The maximum absolute atomic E-state index is 13.1. The third-order valence-corrected chi connectivity index (χ3v) is 6.71. The van der Waals surface area contributed by atoms with Crippen LogP contribution < -0.4 is 11.1 Å². The molecule has 2 aromatic carbocycles. The zero-order valence-corrected chi connectivity index (χ0v) is 17.0. The molecule has 154 valence electrons. The van der Waals surface area contributed by atoms with Gasteiger partial charge in [0.25, 0.3) is 5.91 Å². The molecule has 2 amide bonds. The summed E-state index contributed by atoms with van der Waals surface area (Å²) in [5.41, 5.74) is 6.65. The summed E-state index contributed by atoms with van der Waals surface area (Å²) >= 11 is 0. The maximum Gasteiger partial charge on any atom is 0.254 e. The van der Waals surface area contributed by atoms with Gasteiger partial charge in [-0.3, -0.25) is 9.59 Å². The van der Waals surface area contributed by atoms with Gasteiger partial charge >= 0.3 is 0 Å². The second-order valence-electron chi connectivity index (χ2n) is 8.49. The SMILES string of the molecule is NCC1CCCCC1NC(=O)C1CCN(C(=O)c2cccc3ccccc23)CC1. The Kier molecular flexibility index (Phi) is 6.14. The van der Waals surface area contributed by atoms with E-state index in [0.29, 0.717) is 25.6 Å². The molecule has 4 rings (SSSR count). The van der Waals surface area contributed by atoms with E-state index in [9.17, 15) is 9.59 Å². The summed E-state index contributed by atoms with van der Waals surface area (Å²) < 4.78 is 0. The van der Waals surface area contributed by atoms with Gasteiger partial charge in [0.1, 0.15) is 0 Å². The molecule has 2 aromatic rings. The number of nitrogens with two attached hydrogens (primary N) is 1. The molecule has 1 aliphatic heterocycles. The Morgan fingerprint density at radius 1 is 0.966 bits per heavy atom. The fourth-order valence-electron chi connectivity index (χ4n) is 4.91. The maximum atomic E-state index is 13.1. The molecule has 5 nitrogen and oxygen atoms in total. The standard InChI is InChI=1S/C24H31N3O2/c25-16-19-7-2-4-11-22(19)26-23(28)18-12-14-27(15-13-18)24(29)21-10-5-8-17-6-1-3-9-20(17)21/h1,3,5-6,8-10,18-19,22H,2,4,7,11-16,25H2,(H,26,28). The Labute approximate surface area is 172 Å². The quantitative estimate of drug-likeness (QED) is 0.837. The zero-order chi connectivity index (χ0) is 20.2. The first-order valence-electron chi connectivity index (χ1n) is 10.9. The highest BCUT2D eigenvalue weighted by Crippen LogP contribution is 2.26. The largest absolute Gasteiger partial charge is 0.353 e. The third-order valence-electron chi connectivity index (χ3n) is 6.71. The minimum Gasteiger partial charge on any atom is -0.353 e. The fourth-order valence-corrected chi connectivity index (χ4v) is 4.91. The van der Waals surface area contributed by atoms with Crippen molar-refractivity contribution in [1.29, 1.82) is 0 Å². The molecule has 2 unspecified atom stereocenters. The minimum absolute atomic E-state index is 0.00748. The molecule has 2 atom stereocenters. The molecular formula is C24H31N3O2. The molecule has 0 bridgehead atoms. The van der Waals surface area contributed by atoms with Crippen LogP contribution in [0, 0.1) is 11.8 Å². The highest BCUT2D eigenvalue weighted by molar-refractivity contribution is 6.07.